The Labute approximate surface area is 127 Å². The van der Waals surface area contributed by atoms with Gasteiger partial charge < -0.3 is 10.0 Å². The summed E-state index contributed by atoms with van der Waals surface area (Å²) in [6.45, 7) is 1.79. The van der Waals surface area contributed by atoms with E-state index in [1.165, 1.54) is 17.5 Å². The number of carboxylic acid groups (broad SMARTS) is 1. The van der Waals surface area contributed by atoms with E-state index in [1.54, 1.807) is 0 Å². The first kappa shape index (κ1) is 16.0. The van der Waals surface area contributed by atoms with Crippen LogP contribution in [-0.2, 0) is 11.2 Å². The molecule has 1 aromatic rings. The molecule has 0 bridgehead atoms. The van der Waals surface area contributed by atoms with E-state index in [0.29, 0.717) is 0 Å². The molecular formula is C17H26N2O2. The summed E-state index contributed by atoms with van der Waals surface area (Å²) >= 11 is 0. The number of likely N-dealkylation sites (N-methyl/N-ethyl adjacent to an activating group) is 1. The van der Waals surface area contributed by atoms with Crippen molar-refractivity contribution in [2.45, 2.75) is 31.7 Å². The molecule has 0 saturated heterocycles. The number of benzene rings is 1. The number of aliphatic carboxylic acids is 1. The van der Waals surface area contributed by atoms with Gasteiger partial charge in [0.2, 0.25) is 0 Å². The number of fused-ring (bicyclic) bond motifs is 1. The summed E-state index contributed by atoms with van der Waals surface area (Å²) in [5.74, 6) is -0.740. The molecule has 0 aromatic heterocycles. The highest BCUT2D eigenvalue weighted by Gasteiger charge is 2.25. The van der Waals surface area contributed by atoms with Gasteiger partial charge in [0.25, 0.3) is 0 Å². The molecule has 2 rings (SSSR count). The van der Waals surface area contributed by atoms with Crippen molar-refractivity contribution < 1.29 is 9.90 Å². The Morgan fingerprint density at radius 1 is 1.24 bits per heavy atom. The Morgan fingerprint density at radius 3 is 2.71 bits per heavy atom. The fourth-order valence-corrected chi connectivity index (χ4v) is 3.12. The molecule has 1 atom stereocenters. The van der Waals surface area contributed by atoms with E-state index in [1.807, 2.05) is 14.1 Å². The monoisotopic (exact) mass is 290 g/mol. The molecule has 0 radical (unpaired) electrons. The molecule has 116 valence electrons. The zero-order valence-corrected chi connectivity index (χ0v) is 13.1. The summed E-state index contributed by atoms with van der Waals surface area (Å²) in [5, 5.41) is 9.24. The second kappa shape index (κ2) is 7.57. The van der Waals surface area contributed by atoms with Crippen LogP contribution < -0.4 is 0 Å². The zero-order chi connectivity index (χ0) is 15.2. The lowest BCUT2D eigenvalue weighted by Gasteiger charge is -2.32. The second-order valence-corrected chi connectivity index (χ2v) is 6.13. The lowest BCUT2D eigenvalue weighted by atomic mass is 9.97. The predicted octanol–water partition coefficient (Wildman–Crippen LogP) is 2.40. The quantitative estimate of drug-likeness (QED) is 0.817. The highest BCUT2D eigenvalue weighted by Crippen LogP contribution is 2.32. The lowest BCUT2D eigenvalue weighted by molar-refractivity contribution is -0.139. The molecule has 0 spiro atoms. The molecule has 21 heavy (non-hydrogen) atoms. The molecule has 0 aliphatic heterocycles. The molecule has 0 amide bonds. The van der Waals surface area contributed by atoms with Crippen LogP contribution in [0.1, 0.15) is 36.4 Å². The number of aryl methyl sites for hydroxylation is 1. The van der Waals surface area contributed by atoms with Crippen LogP contribution in [0.4, 0.5) is 0 Å². The number of nitrogens with zero attached hydrogens (tertiary/aromatic N) is 2. The maximum atomic E-state index is 11.2. The van der Waals surface area contributed by atoms with Crippen LogP contribution in [0.3, 0.4) is 0 Å². The zero-order valence-electron chi connectivity index (χ0n) is 13.1. The summed E-state index contributed by atoms with van der Waals surface area (Å²) in [6, 6.07) is 8.76. The summed E-state index contributed by atoms with van der Waals surface area (Å²) in [5.41, 5.74) is 2.72. The molecule has 1 aromatic carbocycles. The highest BCUT2D eigenvalue weighted by atomic mass is 16.4. The standard InChI is InChI=1S/C17H26N2O2/c1-18(2)11-12-19(13-17(20)21)16-10-6-4-8-14-7-3-5-9-15(14)16/h3,5,7,9,16H,4,6,8,10-13H2,1-2H3,(H,20,21). The fraction of sp³-hybridized carbons (Fsp3) is 0.588. The van der Waals surface area contributed by atoms with Gasteiger partial charge in [-0.1, -0.05) is 30.7 Å². The van der Waals surface area contributed by atoms with Crippen molar-refractivity contribution in [1.82, 2.24) is 9.80 Å². The number of carbonyl (C=O) groups is 1. The Kier molecular flexibility index (Phi) is 5.76. The van der Waals surface area contributed by atoms with Crippen molar-refractivity contribution in [3.63, 3.8) is 0 Å². The van der Waals surface area contributed by atoms with Crippen LogP contribution >= 0.6 is 0 Å². The average Bonchev–Trinajstić information content (AvgIpc) is 2.65. The van der Waals surface area contributed by atoms with E-state index in [4.69, 9.17) is 0 Å². The van der Waals surface area contributed by atoms with Crippen molar-refractivity contribution >= 4 is 5.97 Å². The number of hydrogen-bond acceptors (Lipinski definition) is 3. The van der Waals surface area contributed by atoms with Gasteiger partial charge in [0.05, 0.1) is 6.54 Å². The van der Waals surface area contributed by atoms with Gasteiger partial charge >= 0.3 is 5.97 Å². The predicted molar refractivity (Wildman–Crippen MR) is 84.5 cm³/mol. The first-order valence-electron chi connectivity index (χ1n) is 7.76. The molecule has 1 aliphatic rings. The van der Waals surface area contributed by atoms with Crippen LogP contribution in [0.2, 0.25) is 0 Å². The molecular weight excluding hydrogens is 264 g/mol. The fourth-order valence-electron chi connectivity index (χ4n) is 3.12. The third kappa shape index (κ3) is 4.55. The summed E-state index contributed by atoms with van der Waals surface area (Å²) < 4.78 is 0. The van der Waals surface area contributed by atoms with Crippen molar-refractivity contribution in [1.29, 1.82) is 0 Å². The average molecular weight is 290 g/mol. The Morgan fingerprint density at radius 2 is 2.00 bits per heavy atom. The van der Waals surface area contributed by atoms with E-state index in [-0.39, 0.29) is 12.6 Å². The van der Waals surface area contributed by atoms with E-state index in [2.05, 4.69) is 34.1 Å². The SMILES string of the molecule is CN(C)CCN(CC(=O)O)C1CCCCc2ccccc21. The van der Waals surface area contributed by atoms with E-state index < -0.39 is 5.97 Å². The third-order valence-corrected chi connectivity index (χ3v) is 4.20. The van der Waals surface area contributed by atoms with Gasteiger partial charge in [0, 0.05) is 19.1 Å². The van der Waals surface area contributed by atoms with Gasteiger partial charge in [-0.2, -0.15) is 0 Å². The summed E-state index contributed by atoms with van der Waals surface area (Å²) in [4.78, 5) is 15.5. The smallest absolute Gasteiger partial charge is 0.317 e. The Bertz CT molecular complexity index is 474. The van der Waals surface area contributed by atoms with Gasteiger partial charge in [-0.15, -0.1) is 0 Å². The first-order chi connectivity index (χ1) is 10.1. The topological polar surface area (TPSA) is 43.8 Å². The van der Waals surface area contributed by atoms with E-state index in [0.717, 1.165) is 32.4 Å². The molecule has 0 heterocycles. The van der Waals surface area contributed by atoms with Gasteiger partial charge in [-0.05, 0) is 44.5 Å². The summed E-state index contributed by atoms with van der Waals surface area (Å²) in [7, 11) is 4.06. The first-order valence-corrected chi connectivity index (χ1v) is 7.76. The van der Waals surface area contributed by atoms with Gasteiger partial charge in [-0.25, -0.2) is 0 Å². The van der Waals surface area contributed by atoms with Crippen LogP contribution in [0.25, 0.3) is 0 Å². The largest absolute Gasteiger partial charge is 0.480 e. The van der Waals surface area contributed by atoms with E-state index in [9.17, 15) is 9.90 Å². The maximum absolute atomic E-state index is 11.2. The maximum Gasteiger partial charge on any atom is 0.317 e. The molecule has 4 nitrogen and oxygen atoms in total. The summed E-state index contributed by atoms with van der Waals surface area (Å²) in [6.07, 6.45) is 4.53. The van der Waals surface area contributed by atoms with Crippen LogP contribution in [0.5, 0.6) is 0 Å². The molecule has 0 saturated carbocycles. The Balaban J connectivity index is 2.22. The van der Waals surface area contributed by atoms with Crippen LogP contribution in [0, 0.1) is 0 Å². The van der Waals surface area contributed by atoms with Crippen molar-refractivity contribution in [2.24, 2.45) is 0 Å². The van der Waals surface area contributed by atoms with Crippen molar-refractivity contribution in [3.8, 4) is 0 Å². The van der Waals surface area contributed by atoms with Gasteiger partial charge in [0.1, 0.15) is 0 Å². The minimum Gasteiger partial charge on any atom is -0.480 e. The minimum atomic E-state index is -0.740. The second-order valence-electron chi connectivity index (χ2n) is 6.13. The van der Waals surface area contributed by atoms with Gasteiger partial charge in [-0.3, -0.25) is 9.69 Å². The number of carboxylic acids is 1. The molecule has 1 N–H and O–H groups in total. The molecule has 1 unspecified atom stereocenters. The van der Waals surface area contributed by atoms with Crippen LogP contribution in [0.15, 0.2) is 24.3 Å². The van der Waals surface area contributed by atoms with Crippen molar-refractivity contribution in [3.05, 3.63) is 35.4 Å². The lowest BCUT2D eigenvalue weighted by Crippen LogP contribution is -2.38. The van der Waals surface area contributed by atoms with Crippen LogP contribution in [-0.4, -0.2) is 54.6 Å². The molecule has 1 aliphatic carbocycles. The highest BCUT2D eigenvalue weighted by molar-refractivity contribution is 5.69. The number of hydrogen-bond donors (Lipinski definition) is 1. The van der Waals surface area contributed by atoms with E-state index >= 15 is 0 Å². The molecule has 4 heteroatoms. The normalized spacial score (nSPS) is 18.6. The minimum absolute atomic E-state index is 0.118. The Hall–Kier alpha value is -1.39. The third-order valence-electron chi connectivity index (χ3n) is 4.20. The molecule has 0 fully saturated rings. The number of rotatable bonds is 6. The van der Waals surface area contributed by atoms with Gasteiger partial charge in [0.15, 0.2) is 0 Å². The van der Waals surface area contributed by atoms with Crippen molar-refractivity contribution in [2.75, 3.05) is 33.7 Å².